The Kier molecular flexibility index (Phi) is 6.37. The molecule has 7 heteroatoms. The molecule has 7 nitrogen and oxygen atoms in total. The highest BCUT2D eigenvalue weighted by atomic mass is 16.6. The van der Waals surface area contributed by atoms with E-state index in [0.717, 1.165) is 0 Å². The number of aliphatic hydroxyl groups is 4. The third-order valence-corrected chi connectivity index (χ3v) is 1.73. The van der Waals surface area contributed by atoms with Crippen LogP contribution in [0.2, 0.25) is 0 Å². The minimum Gasteiger partial charge on any atom is -0.394 e. The van der Waals surface area contributed by atoms with Crippen molar-refractivity contribution in [3.8, 4) is 0 Å². The minimum absolute atomic E-state index is 0.0162. The first-order chi connectivity index (χ1) is 6.88. The largest absolute Gasteiger partial charge is 0.394 e. The first-order valence-electron chi connectivity index (χ1n) is 4.45. The van der Waals surface area contributed by atoms with E-state index in [1.54, 1.807) is 0 Å². The van der Waals surface area contributed by atoms with Gasteiger partial charge < -0.3 is 30.9 Å². The Morgan fingerprint density at radius 1 is 1.47 bits per heavy atom. The third-order valence-electron chi connectivity index (χ3n) is 1.73. The smallest absolute Gasteiger partial charge is 0.214 e. The Balaban J connectivity index is 0.000000423. The summed E-state index contributed by atoms with van der Waals surface area (Å²) in [6.07, 6.45) is -4.11. The van der Waals surface area contributed by atoms with Gasteiger partial charge >= 0.3 is 0 Å². The topological polar surface area (TPSA) is 133 Å². The molecule has 1 aliphatic rings. The van der Waals surface area contributed by atoms with Gasteiger partial charge in [-0.15, -0.1) is 0 Å². The summed E-state index contributed by atoms with van der Waals surface area (Å²) in [4.78, 5) is 9.22. The molecule has 0 radical (unpaired) electrons. The molecule has 1 fully saturated rings. The summed E-state index contributed by atoms with van der Waals surface area (Å²) in [7, 11) is 0. The summed E-state index contributed by atoms with van der Waals surface area (Å²) in [5.41, 5.74) is 4.47. The number of ether oxygens (including phenoxy) is 1. The van der Waals surface area contributed by atoms with Crippen molar-refractivity contribution >= 4 is 5.91 Å². The number of primary amides is 1. The van der Waals surface area contributed by atoms with Crippen molar-refractivity contribution in [3.05, 3.63) is 0 Å². The average molecular weight is 223 g/mol. The summed E-state index contributed by atoms with van der Waals surface area (Å²) in [6.45, 7) is 0.898. The van der Waals surface area contributed by atoms with Gasteiger partial charge in [0.2, 0.25) is 5.91 Å². The zero-order chi connectivity index (χ0) is 12.0. The molecule has 6 N–H and O–H groups in total. The van der Waals surface area contributed by atoms with Crippen LogP contribution < -0.4 is 5.73 Å². The van der Waals surface area contributed by atoms with Crippen molar-refractivity contribution in [2.45, 2.75) is 37.9 Å². The number of rotatable bonds is 1. The summed E-state index contributed by atoms with van der Waals surface area (Å²) < 4.78 is 4.71. The molecule has 0 saturated carbocycles. The lowest BCUT2D eigenvalue weighted by Crippen LogP contribution is -2.49. The van der Waals surface area contributed by atoms with Crippen LogP contribution in [0.25, 0.3) is 0 Å². The molecule has 1 amide bonds. The maximum absolute atomic E-state index is 9.22. The van der Waals surface area contributed by atoms with Gasteiger partial charge in [0.1, 0.15) is 12.2 Å². The number of hydrogen-bond donors (Lipinski definition) is 5. The van der Waals surface area contributed by atoms with E-state index in [9.17, 15) is 4.79 Å². The van der Waals surface area contributed by atoms with Crippen LogP contribution in [0.4, 0.5) is 0 Å². The molecule has 90 valence electrons. The molecule has 1 aliphatic heterocycles. The first kappa shape index (κ1) is 14.3. The predicted molar refractivity (Wildman–Crippen MR) is 49.5 cm³/mol. The van der Waals surface area contributed by atoms with Gasteiger partial charge in [-0.2, -0.15) is 0 Å². The van der Waals surface area contributed by atoms with Gasteiger partial charge in [-0.3, -0.25) is 4.79 Å². The predicted octanol–water partition coefficient (Wildman–Crippen LogP) is -2.70. The van der Waals surface area contributed by atoms with Gasteiger partial charge in [-0.25, -0.2) is 0 Å². The fraction of sp³-hybridized carbons (Fsp3) is 0.875. The molecule has 0 bridgehead atoms. The zero-order valence-electron chi connectivity index (χ0n) is 8.41. The van der Waals surface area contributed by atoms with E-state index in [0.29, 0.717) is 0 Å². The number of nitrogens with two attached hydrogens (primary N) is 1. The SMILES string of the molecule is CC(N)=O.OC[C@H]1O[C@H](O)C[C@@H](O)[C@@H]1O. The van der Waals surface area contributed by atoms with Gasteiger partial charge in [-0.05, 0) is 0 Å². The van der Waals surface area contributed by atoms with Crippen LogP contribution in [0.1, 0.15) is 13.3 Å². The van der Waals surface area contributed by atoms with Gasteiger partial charge in [0, 0.05) is 13.3 Å². The van der Waals surface area contributed by atoms with Crippen LogP contribution in [-0.2, 0) is 9.53 Å². The lowest BCUT2D eigenvalue weighted by atomic mass is 10.0. The monoisotopic (exact) mass is 223 g/mol. The molecule has 0 spiro atoms. The molecule has 0 unspecified atom stereocenters. The van der Waals surface area contributed by atoms with Crippen LogP contribution in [0.15, 0.2) is 0 Å². The number of amides is 1. The van der Waals surface area contributed by atoms with Crippen molar-refractivity contribution in [2.24, 2.45) is 5.73 Å². The van der Waals surface area contributed by atoms with Gasteiger partial charge in [0.15, 0.2) is 6.29 Å². The van der Waals surface area contributed by atoms with Crippen LogP contribution in [0, 0.1) is 0 Å². The molecule has 0 aromatic rings. The zero-order valence-corrected chi connectivity index (χ0v) is 8.41. The maximum Gasteiger partial charge on any atom is 0.214 e. The molecular weight excluding hydrogens is 206 g/mol. The van der Waals surface area contributed by atoms with Gasteiger partial charge in [0.25, 0.3) is 0 Å². The quantitative estimate of drug-likeness (QED) is 0.328. The highest BCUT2D eigenvalue weighted by molar-refractivity contribution is 5.70. The van der Waals surface area contributed by atoms with E-state index in [-0.39, 0.29) is 12.3 Å². The van der Waals surface area contributed by atoms with Crippen molar-refractivity contribution in [1.82, 2.24) is 0 Å². The van der Waals surface area contributed by atoms with E-state index < -0.39 is 31.2 Å². The molecule has 0 aromatic heterocycles. The van der Waals surface area contributed by atoms with Crippen LogP contribution >= 0.6 is 0 Å². The summed E-state index contributed by atoms with van der Waals surface area (Å²) in [6, 6.07) is 0. The fourth-order valence-electron chi connectivity index (χ4n) is 1.08. The van der Waals surface area contributed by atoms with Crippen LogP contribution in [0.3, 0.4) is 0 Å². The normalized spacial score (nSPS) is 35.3. The lowest BCUT2D eigenvalue weighted by molar-refractivity contribution is -0.239. The molecule has 1 heterocycles. The summed E-state index contributed by atoms with van der Waals surface area (Å²) >= 11 is 0. The lowest BCUT2D eigenvalue weighted by Gasteiger charge is -2.33. The fourth-order valence-corrected chi connectivity index (χ4v) is 1.08. The highest BCUT2D eigenvalue weighted by Crippen LogP contribution is 2.18. The Morgan fingerprint density at radius 3 is 2.33 bits per heavy atom. The molecule has 15 heavy (non-hydrogen) atoms. The van der Waals surface area contributed by atoms with Crippen molar-refractivity contribution in [2.75, 3.05) is 6.61 Å². The number of carbonyl (C=O) groups is 1. The van der Waals surface area contributed by atoms with Gasteiger partial charge in [0.05, 0.1) is 12.7 Å². The van der Waals surface area contributed by atoms with E-state index in [1.807, 2.05) is 0 Å². The Bertz CT molecular complexity index is 196. The Labute approximate surface area is 87.1 Å². The molecule has 1 saturated heterocycles. The summed E-state index contributed by atoms with van der Waals surface area (Å²) in [5, 5.41) is 35.6. The second-order valence-corrected chi connectivity index (χ2v) is 3.22. The second kappa shape index (κ2) is 6.70. The minimum atomic E-state index is -1.11. The molecule has 1 rings (SSSR count). The van der Waals surface area contributed by atoms with E-state index in [2.05, 4.69) is 5.73 Å². The Morgan fingerprint density at radius 2 is 1.93 bits per heavy atom. The van der Waals surface area contributed by atoms with Crippen LogP contribution in [0.5, 0.6) is 0 Å². The molecule has 4 atom stereocenters. The van der Waals surface area contributed by atoms with Crippen molar-refractivity contribution in [3.63, 3.8) is 0 Å². The maximum atomic E-state index is 9.22. The van der Waals surface area contributed by atoms with E-state index >= 15 is 0 Å². The standard InChI is InChI=1S/C6H12O5.C2H5NO/c7-2-4-6(10)3(8)1-5(9)11-4;1-2(3)4/h3-10H,1-2H2;1H3,(H2,3,4)/t3-,4-,5+,6+;/m1./s1. The summed E-state index contributed by atoms with van der Waals surface area (Å²) in [5.74, 6) is -0.333. The van der Waals surface area contributed by atoms with E-state index in [1.165, 1.54) is 6.92 Å². The van der Waals surface area contributed by atoms with Crippen molar-refractivity contribution in [1.29, 1.82) is 0 Å². The average Bonchev–Trinajstić information content (AvgIpc) is 2.10. The first-order valence-corrected chi connectivity index (χ1v) is 4.45. The molecular formula is C8H17NO6. The second-order valence-electron chi connectivity index (χ2n) is 3.22. The Hall–Kier alpha value is -0.730. The number of carbonyl (C=O) groups excluding carboxylic acids is 1. The third kappa shape index (κ3) is 5.65. The van der Waals surface area contributed by atoms with Crippen LogP contribution in [-0.4, -0.2) is 57.5 Å². The van der Waals surface area contributed by atoms with E-state index in [4.69, 9.17) is 25.2 Å². The highest BCUT2D eigenvalue weighted by Gasteiger charge is 2.35. The molecule has 0 aromatic carbocycles. The van der Waals surface area contributed by atoms with Crippen molar-refractivity contribution < 1.29 is 30.0 Å². The molecule has 0 aliphatic carbocycles. The van der Waals surface area contributed by atoms with Gasteiger partial charge in [-0.1, -0.05) is 0 Å². The number of aliphatic hydroxyl groups excluding tert-OH is 4. The number of hydrogen-bond acceptors (Lipinski definition) is 6.